The summed E-state index contributed by atoms with van der Waals surface area (Å²) >= 11 is 0. The molecular formula is C34H49F2N3O7S. The first-order valence-corrected chi connectivity index (χ1v) is 18.1. The molecule has 0 radical (unpaired) electrons. The molecule has 1 fully saturated rings. The second-order valence-corrected chi connectivity index (χ2v) is 14.4. The van der Waals surface area contributed by atoms with Crippen LogP contribution in [0.15, 0.2) is 42.5 Å². The van der Waals surface area contributed by atoms with Crippen molar-refractivity contribution in [1.82, 2.24) is 10.6 Å². The minimum atomic E-state index is -3.86. The van der Waals surface area contributed by atoms with Gasteiger partial charge in [-0.2, -0.15) is 0 Å². The van der Waals surface area contributed by atoms with E-state index in [1.165, 1.54) is 0 Å². The fourth-order valence-electron chi connectivity index (χ4n) is 5.58. The summed E-state index contributed by atoms with van der Waals surface area (Å²) in [6.07, 6.45) is 0.788. The Kier molecular flexibility index (Phi) is 15.5. The molecule has 0 spiro atoms. The summed E-state index contributed by atoms with van der Waals surface area (Å²) in [4.78, 5) is 26.6. The molecule has 1 aliphatic heterocycles. The van der Waals surface area contributed by atoms with Crippen LogP contribution in [0.3, 0.4) is 0 Å². The summed E-state index contributed by atoms with van der Waals surface area (Å²) in [5, 5.41) is 4.94. The van der Waals surface area contributed by atoms with Crippen molar-refractivity contribution < 1.29 is 41.0 Å². The Morgan fingerprint density at radius 3 is 2.32 bits per heavy atom. The van der Waals surface area contributed by atoms with E-state index in [9.17, 15) is 26.8 Å². The number of carbonyl (C=O) groups is 2. The van der Waals surface area contributed by atoms with E-state index in [0.717, 1.165) is 35.7 Å². The van der Waals surface area contributed by atoms with Gasteiger partial charge in [0.05, 0.1) is 24.2 Å². The highest BCUT2D eigenvalue weighted by Crippen LogP contribution is 2.19. The molecule has 1 amide bonds. The van der Waals surface area contributed by atoms with Gasteiger partial charge in [0, 0.05) is 31.6 Å². The van der Waals surface area contributed by atoms with Crippen molar-refractivity contribution >= 4 is 21.9 Å². The van der Waals surface area contributed by atoms with Gasteiger partial charge in [0.1, 0.15) is 29.9 Å². The molecule has 2 aromatic carbocycles. The predicted octanol–water partition coefficient (Wildman–Crippen LogP) is 4.37. The molecule has 4 atom stereocenters. The van der Waals surface area contributed by atoms with Crippen molar-refractivity contribution in [3.05, 3.63) is 70.8 Å². The lowest BCUT2D eigenvalue weighted by Crippen LogP contribution is -2.52. The number of rotatable bonds is 19. The van der Waals surface area contributed by atoms with Crippen LogP contribution in [0, 0.1) is 11.6 Å². The van der Waals surface area contributed by atoms with Crippen LogP contribution in [0.2, 0.25) is 0 Å². The van der Waals surface area contributed by atoms with E-state index < -0.39 is 68.8 Å². The monoisotopic (exact) mass is 681 g/mol. The van der Waals surface area contributed by atoms with Gasteiger partial charge in [-0.05, 0) is 54.5 Å². The molecule has 1 saturated heterocycles. The van der Waals surface area contributed by atoms with Gasteiger partial charge in [-0.3, -0.25) is 0 Å². The molecule has 0 aromatic heterocycles. The van der Waals surface area contributed by atoms with Crippen LogP contribution in [0.1, 0.15) is 69.6 Å². The first-order valence-electron chi connectivity index (χ1n) is 16.4. The molecule has 0 bridgehead atoms. The molecule has 4 N–H and O–H groups in total. The van der Waals surface area contributed by atoms with Crippen molar-refractivity contribution in [3.8, 4) is 0 Å². The molecule has 3 rings (SSSR count). The maximum Gasteiger partial charge on any atom is 0.408 e. The van der Waals surface area contributed by atoms with E-state index in [-0.39, 0.29) is 25.1 Å². The number of halogens is 2. The Morgan fingerprint density at radius 2 is 1.70 bits per heavy atom. The standard InChI is InChI=1S/C34H49F2N3O7S/c1-4-8-29(9-5-2)47(42,43)22-31(39-34(41)45-28-12-13-44-21-28)33(40)46-32(20-38-19-24-11-7-10-23(6-3)14-24)30(37)17-25-15-26(35)18-27(36)16-25/h7,10-11,14-16,18,28-32,38H,4-6,8-9,12-13,17,19-22,37H2,1-3H3,(H,39,41)/t28-,30?,31+,32+/m0/s1. The van der Waals surface area contributed by atoms with Crippen LogP contribution >= 0.6 is 0 Å². The first kappa shape index (κ1) is 38.3. The van der Waals surface area contributed by atoms with E-state index in [2.05, 4.69) is 10.6 Å². The number of amides is 1. The predicted molar refractivity (Wildman–Crippen MR) is 175 cm³/mol. The second-order valence-electron chi connectivity index (χ2n) is 12.0. The van der Waals surface area contributed by atoms with E-state index in [4.69, 9.17) is 19.9 Å². The first-order chi connectivity index (χ1) is 22.4. The van der Waals surface area contributed by atoms with Crippen LogP contribution < -0.4 is 16.4 Å². The Balaban J connectivity index is 1.84. The summed E-state index contributed by atoms with van der Waals surface area (Å²) in [6, 6.07) is 8.44. The molecule has 0 aliphatic carbocycles. The van der Waals surface area contributed by atoms with Gasteiger partial charge >= 0.3 is 12.1 Å². The number of benzene rings is 2. The van der Waals surface area contributed by atoms with E-state index >= 15 is 0 Å². The molecule has 13 heteroatoms. The summed E-state index contributed by atoms with van der Waals surface area (Å²) < 4.78 is 71.4. The average Bonchev–Trinajstić information content (AvgIpc) is 3.52. The third-order valence-corrected chi connectivity index (χ3v) is 10.4. The lowest BCUT2D eigenvalue weighted by molar-refractivity contribution is -0.151. The average molecular weight is 682 g/mol. The number of sulfone groups is 1. The number of carbonyl (C=O) groups excluding carboxylic acids is 2. The molecule has 262 valence electrons. The van der Waals surface area contributed by atoms with Gasteiger partial charge in [0.15, 0.2) is 9.84 Å². The van der Waals surface area contributed by atoms with E-state index in [1.807, 2.05) is 45.0 Å². The number of alkyl carbamates (subject to hydrolysis) is 1. The highest BCUT2D eigenvalue weighted by atomic mass is 32.2. The SMILES string of the molecule is CCCC(CCC)S(=O)(=O)C[C@@H](NC(=O)O[C@H]1CCOC1)C(=O)O[C@H](CNCc1cccc(CC)c1)C(N)Cc1cc(F)cc(F)c1. The lowest BCUT2D eigenvalue weighted by atomic mass is 10.0. The molecule has 2 aromatic rings. The largest absolute Gasteiger partial charge is 0.458 e. The van der Waals surface area contributed by atoms with E-state index in [1.54, 1.807) is 0 Å². The molecule has 1 aliphatic rings. The molecule has 47 heavy (non-hydrogen) atoms. The number of esters is 1. The number of aryl methyl sites for hydroxylation is 1. The number of ether oxygens (including phenoxy) is 3. The fourth-order valence-corrected chi connectivity index (χ4v) is 7.73. The van der Waals surface area contributed by atoms with Crippen LogP contribution in [0.5, 0.6) is 0 Å². The highest BCUT2D eigenvalue weighted by Gasteiger charge is 2.36. The van der Waals surface area contributed by atoms with Crippen molar-refractivity contribution in [2.45, 2.75) is 102 Å². The minimum Gasteiger partial charge on any atom is -0.458 e. The molecule has 10 nitrogen and oxygen atoms in total. The number of nitrogens with one attached hydrogen (secondary N) is 2. The summed E-state index contributed by atoms with van der Waals surface area (Å²) in [5.41, 5.74) is 8.87. The molecular weight excluding hydrogens is 632 g/mol. The normalized spacial score (nSPS) is 16.9. The number of hydrogen-bond acceptors (Lipinski definition) is 9. The van der Waals surface area contributed by atoms with Gasteiger partial charge in [-0.1, -0.05) is 57.9 Å². The maximum atomic E-state index is 14.0. The van der Waals surface area contributed by atoms with Crippen molar-refractivity contribution in [2.75, 3.05) is 25.5 Å². The van der Waals surface area contributed by atoms with Gasteiger partial charge in [0.2, 0.25) is 0 Å². The quantitative estimate of drug-likeness (QED) is 0.184. The third kappa shape index (κ3) is 12.8. The second kappa shape index (κ2) is 19.0. The third-order valence-electron chi connectivity index (χ3n) is 8.08. The summed E-state index contributed by atoms with van der Waals surface area (Å²) in [6.45, 7) is 6.86. The smallest absolute Gasteiger partial charge is 0.408 e. The number of hydrogen-bond donors (Lipinski definition) is 3. The van der Waals surface area contributed by atoms with Crippen LogP contribution in [-0.4, -0.2) is 75.5 Å². The van der Waals surface area contributed by atoms with Crippen molar-refractivity contribution in [1.29, 1.82) is 0 Å². The maximum absolute atomic E-state index is 14.0. The van der Waals surface area contributed by atoms with Crippen LogP contribution in [0.25, 0.3) is 0 Å². The zero-order valence-corrected chi connectivity index (χ0v) is 28.3. The van der Waals surface area contributed by atoms with Gasteiger partial charge in [-0.25, -0.2) is 26.8 Å². The number of nitrogens with two attached hydrogens (primary N) is 1. The Labute approximate surface area is 277 Å². The van der Waals surface area contributed by atoms with Crippen molar-refractivity contribution in [2.24, 2.45) is 5.73 Å². The Bertz CT molecular complexity index is 1380. The summed E-state index contributed by atoms with van der Waals surface area (Å²) in [7, 11) is -3.86. The van der Waals surface area contributed by atoms with Crippen molar-refractivity contribution in [3.63, 3.8) is 0 Å². The zero-order chi connectivity index (χ0) is 34.4. The molecule has 0 saturated carbocycles. The zero-order valence-electron chi connectivity index (χ0n) is 27.5. The Morgan fingerprint density at radius 1 is 1.02 bits per heavy atom. The van der Waals surface area contributed by atoms with Crippen LogP contribution in [-0.2, 0) is 48.2 Å². The molecule has 1 unspecified atom stereocenters. The summed E-state index contributed by atoms with van der Waals surface area (Å²) in [5.74, 6) is -3.25. The molecule has 1 heterocycles. The van der Waals surface area contributed by atoms with Gasteiger partial charge in [0.25, 0.3) is 0 Å². The van der Waals surface area contributed by atoms with E-state index in [0.29, 0.717) is 45.3 Å². The lowest BCUT2D eigenvalue weighted by Gasteiger charge is -2.28. The van der Waals surface area contributed by atoms with Gasteiger partial charge in [-0.15, -0.1) is 0 Å². The fraction of sp³-hybridized carbons (Fsp3) is 0.588. The Hall–Kier alpha value is -3.13. The van der Waals surface area contributed by atoms with Gasteiger partial charge < -0.3 is 30.6 Å². The van der Waals surface area contributed by atoms with Crippen LogP contribution in [0.4, 0.5) is 13.6 Å². The minimum absolute atomic E-state index is 0.0404. The highest BCUT2D eigenvalue weighted by molar-refractivity contribution is 7.92. The topological polar surface area (TPSA) is 146 Å².